The summed E-state index contributed by atoms with van der Waals surface area (Å²) in [6, 6.07) is 2.99. The van der Waals surface area contributed by atoms with E-state index < -0.39 is 0 Å². The Bertz CT molecular complexity index is 391. The van der Waals surface area contributed by atoms with E-state index in [0.29, 0.717) is 0 Å². The Morgan fingerprint density at radius 2 is 2.29 bits per heavy atom. The van der Waals surface area contributed by atoms with Gasteiger partial charge >= 0.3 is 0 Å². The van der Waals surface area contributed by atoms with Crippen LogP contribution in [0.3, 0.4) is 0 Å². The molecule has 1 atom stereocenters. The predicted octanol–water partition coefficient (Wildman–Crippen LogP) is 1.67. The number of piperazine rings is 1. The topological polar surface area (TPSA) is 19.4 Å². The van der Waals surface area contributed by atoms with Crippen molar-refractivity contribution in [2.24, 2.45) is 0 Å². The zero-order chi connectivity index (χ0) is 11.7. The average Bonchev–Trinajstić information content (AvgIpc) is 2.79. The highest BCUT2D eigenvalue weighted by Gasteiger charge is 2.30. The monoisotopic (exact) mass is 231 g/mol. The van der Waals surface area contributed by atoms with Crippen molar-refractivity contribution in [2.45, 2.75) is 32.4 Å². The predicted molar refractivity (Wildman–Crippen MR) is 68.8 cm³/mol. The van der Waals surface area contributed by atoms with Crippen LogP contribution in [0.1, 0.15) is 24.0 Å². The van der Waals surface area contributed by atoms with E-state index >= 15 is 0 Å². The number of fused-ring (bicyclic) bond motifs is 1. The molecule has 3 heterocycles. The largest absolute Gasteiger partial charge is 0.298 e. The summed E-state index contributed by atoms with van der Waals surface area (Å²) >= 11 is 0. The van der Waals surface area contributed by atoms with Crippen LogP contribution in [-0.4, -0.2) is 47.0 Å². The fourth-order valence-corrected chi connectivity index (χ4v) is 3.12. The highest BCUT2D eigenvalue weighted by molar-refractivity contribution is 5.21. The third-order valence-corrected chi connectivity index (χ3v) is 4.20. The summed E-state index contributed by atoms with van der Waals surface area (Å²) in [5, 5.41) is 0. The first-order valence-corrected chi connectivity index (χ1v) is 6.69. The molecule has 0 bridgehead atoms. The van der Waals surface area contributed by atoms with E-state index in [-0.39, 0.29) is 0 Å². The number of hydrogen-bond donors (Lipinski definition) is 0. The molecule has 0 spiro atoms. The Labute approximate surface area is 103 Å². The molecular weight excluding hydrogens is 210 g/mol. The standard InChI is InChI=1S/C14H21N3/c1-12-9-15-5-4-13(12)10-16-7-8-17-6-2-3-14(17)11-16/h4-5,9,14H,2-3,6-8,10-11H2,1H3. The second-order valence-corrected chi connectivity index (χ2v) is 5.37. The molecule has 0 aliphatic carbocycles. The van der Waals surface area contributed by atoms with Gasteiger partial charge in [0.15, 0.2) is 0 Å². The Kier molecular flexibility index (Phi) is 3.12. The van der Waals surface area contributed by atoms with Gasteiger partial charge in [-0.1, -0.05) is 0 Å². The molecule has 0 saturated carbocycles. The third kappa shape index (κ3) is 2.35. The van der Waals surface area contributed by atoms with Crippen molar-refractivity contribution in [3.8, 4) is 0 Å². The van der Waals surface area contributed by atoms with Gasteiger partial charge < -0.3 is 0 Å². The van der Waals surface area contributed by atoms with Crippen molar-refractivity contribution in [3.05, 3.63) is 29.6 Å². The molecule has 3 heteroatoms. The maximum absolute atomic E-state index is 4.16. The van der Waals surface area contributed by atoms with Crippen LogP contribution < -0.4 is 0 Å². The molecule has 2 fully saturated rings. The van der Waals surface area contributed by atoms with Crippen molar-refractivity contribution in [2.75, 3.05) is 26.2 Å². The smallest absolute Gasteiger partial charge is 0.0300 e. The minimum absolute atomic E-state index is 0.825. The molecule has 2 aliphatic rings. The molecular formula is C14H21N3. The molecule has 0 aromatic carbocycles. The Morgan fingerprint density at radius 3 is 3.18 bits per heavy atom. The molecule has 92 valence electrons. The summed E-state index contributed by atoms with van der Waals surface area (Å²) in [6.45, 7) is 8.31. The first-order chi connectivity index (χ1) is 8.33. The first-order valence-electron chi connectivity index (χ1n) is 6.69. The van der Waals surface area contributed by atoms with Crippen LogP contribution in [0, 0.1) is 6.92 Å². The SMILES string of the molecule is Cc1cnccc1CN1CCN2CCCC2C1. The Morgan fingerprint density at radius 1 is 1.35 bits per heavy atom. The Hall–Kier alpha value is -0.930. The van der Waals surface area contributed by atoms with Crippen molar-refractivity contribution in [1.82, 2.24) is 14.8 Å². The molecule has 2 aliphatic heterocycles. The number of pyridine rings is 1. The van der Waals surface area contributed by atoms with E-state index in [9.17, 15) is 0 Å². The van der Waals surface area contributed by atoms with Gasteiger partial charge in [-0.25, -0.2) is 0 Å². The number of aryl methyl sites for hydroxylation is 1. The average molecular weight is 231 g/mol. The van der Waals surface area contributed by atoms with Crippen LogP contribution in [0.5, 0.6) is 0 Å². The van der Waals surface area contributed by atoms with Gasteiger partial charge in [0, 0.05) is 44.6 Å². The molecule has 0 N–H and O–H groups in total. The van der Waals surface area contributed by atoms with Crippen molar-refractivity contribution in [3.63, 3.8) is 0 Å². The number of rotatable bonds is 2. The van der Waals surface area contributed by atoms with Gasteiger partial charge in [-0.05, 0) is 43.5 Å². The highest BCUT2D eigenvalue weighted by atomic mass is 15.3. The quantitative estimate of drug-likeness (QED) is 0.772. The van der Waals surface area contributed by atoms with Crippen molar-refractivity contribution >= 4 is 0 Å². The van der Waals surface area contributed by atoms with Gasteiger partial charge in [0.1, 0.15) is 0 Å². The lowest BCUT2D eigenvalue weighted by Crippen LogP contribution is -2.49. The van der Waals surface area contributed by atoms with Crippen LogP contribution in [-0.2, 0) is 6.54 Å². The minimum Gasteiger partial charge on any atom is -0.298 e. The van der Waals surface area contributed by atoms with E-state index in [1.54, 1.807) is 0 Å². The molecule has 17 heavy (non-hydrogen) atoms. The van der Waals surface area contributed by atoms with Gasteiger partial charge in [-0.2, -0.15) is 0 Å². The fourth-order valence-electron chi connectivity index (χ4n) is 3.12. The van der Waals surface area contributed by atoms with Crippen LogP contribution in [0.25, 0.3) is 0 Å². The van der Waals surface area contributed by atoms with Gasteiger partial charge in [0.25, 0.3) is 0 Å². The van der Waals surface area contributed by atoms with Crippen LogP contribution in [0.2, 0.25) is 0 Å². The number of hydrogen-bond acceptors (Lipinski definition) is 3. The fraction of sp³-hybridized carbons (Fsp3) is 0.643. The van der Waals surface area contributed by atoms with E-state index in [2.05, 4.69) is 27.8 Å². The lowest BCUT2D eigenvalue weighted by molar-refractivity contribution is 0.0992. The zero-order valence-electron chi connectivity index (χ0n) is 10.6. The maximum atomic E-state index is 4.16. The normalized spacial score (nSPS) is 26.1. The second kappa shape index (κ2) is 4.75. The van der Waals surface area contributed by atoms with E-state index in [1.165, 1.54) is 50.1 Å². The summed E-state index contributed by atoms with van der Waals surface area (Å²) in [6.07, 6.45) is 6.67. The summed E-state index contributed by atoms with van der Waals surface area (Å²) < 4.78 is 0. The molecule has 1 aromatic rings. The maximum Gasteiger partial charge on any atom is 0.0300 e. The van der Waals surface area contributed by atoms with Crippen molar-refractivity contribution < 1.29 is 0 Å². The van der Waals surface area contributed by atoms with E-state index in [0.717, 1.165) is 12.6 Å². The van der Waals surface area contributed by atoms with Crippen LogP contribution >= 0.6 is 0 Å². The first kappa shape index (κ1) is 11.2. The lowest BCUT2D eigenvalue weighted by atomic mass is 10.1. The lowest BCUT2D eigenvalue weighted by Gasteiger charge is -2.37. The van der Waals surface area contributed by atoms with E-state index in [1.807, 2.05) is 12.4 Å². The number of aromatic nitrogens is 1. The Balaban J connectivity index is 1.64. The van der Waals surface area contributed by atoms with Crippen molar-refractivity contribution in [1.29, 1.82) is 0 Å². The molecule has 0 radical (unpaired) electrons. The number of nitrogens with zero attached hydrogens (tertiary/aromatic N) is 3. The van der Waals surface area contributed by atoms with E-state index in [4.69, 9.17) is 0 Å². The second-order valence-electron chi connectivity index (χ2n) is 5.37. The molecule has 2 saturated heterocycles. The highest BCUT2D eigenvalue weighted by Crippen LogP contribution is 2.22. The third-order valence-electron chi connectivity index (χ3n) is 4.20. The van der Waals surface area contributed by atoms with Gasteiger partial charge in [0.05, 0.1) is 0 Å². The van der Waals surface area contributed by atoms with Gasteiger partial charge in [-0.15, -0.1) is 0 Å². The summed E-state index contributed by atoms with van der Waals surface area (Å²) in [5.41, 5.74) is 2.76. The zero-order valence-corrected chi connectivity index (χ0v) is 10.6. The molecule has 0 amide bonds. The summed E-state index contributed by atoms with van der Waals surface area (Å²) in [4.78, 5) is 9.43. The van der Waals surface area contributed by atoms with Crippen LogP contribution in [0.15, 0.2) is 18.5 Å². The summed E-state index contributed by atoms with van der Waals surface area (Å²) in [5.74, 6) is 0. The molecule has 1 unspecified atom stereocenters. The molecule has 1 aromatic heterocycles. The minimum atomic E-state index is 0.825. The van der Waals surface area contributed by atoms with Gasteiger partial charge in [-0.3, -0.25) is 14.8 Å². The summed E-state index contributed by atoms with van der Waals surface area (Å²) in [7, 11) is 0. The molecule has 3 nitrogen and oxygen atoms in total. The molecule has 3 rings (SSSR count). The van der Waals surface area contributed by atoms with Crippen LogP contribution in [0.4, 0.5) is 0 Å². The van der Waals surface area contributed by atoms with Gasteiger partial charge in [0.2, 0.25) is 0 Å².